The lowest BCUT2D eigenvalue weighted by Gasteiger charge is -2.27. The summed E-state index contributed by atoms with van der Waals surface area (Å²) in [6, 6.07) is 5.89. The minimum atomic E-state index is -0.0568. The van der Waals surface area contributed by atoms with Gasteiger partial charge >= 0.3 is 5.69 Å². The van der Waals surface area contributed by atoms with Gasteiger partial charge in [0.2, 0.25) is 0 Å². The number of carbonyl (C=O) groups excluding carboxylic acids is 1. The molecule has 0 unspecified atom stereocenters. The van der Waals surface area contributed by atoms with Crippen LogP contribution in [-0.2, 0) is 0 Å². The zero-order chi connectivity index (χ0) is 15.8. The van der Waals surface area contributed by atoms with Crippen molar-refractivity contribution in [2.75, 3.05) is 26.2 Å². The molecular weight excluding hydrogens is 292 g/mol. The monoisotopic (exact) mass is 314 g/mol. The maximum absolute atomic E-state index is 12.6. The van der Waals surface area contributed by atoms with E-state index in [9.17, 15) is 9.59 Å². The second-order valence-corrected chi connectivity index (χ2v) is 6.51. The second kappa shape index (κ2) is 5.85. The van der Waals surface area contributed by atoms with Crippen LogP contribution in [0.25, 0.3) is 11.0 Å². The summed E-state index contributed by atoms with van der Waals surface area (Å²) in [5, 5.41) is 3.25. The number of fused-ring (bicyclic) bond motifs is 1. The topological polar surface area (TPSA) is 70.1 Å². The molecule has 6 heteroatoms. The highest BCUT2D eigenvalue weighted by atomic mass is 16.2. The fraction of sp³-hybridized carbons (Fsp3) is 0.529. The van der Waals surface area contributed by atoms with Crippen LogP contribution in [0.1, 0.15) is 42.1 Å². The summed E-state index contributed by atoms with van der Waals surface area (Å²) in [6.07, 6.45) is 4.50. The highest BCUT2D eigenvalue weighted by Gasteiger charge is 2.23. The average molecular weight is 314 g/mol. The fourth-order valence-corrected chi connectivity index (χ4v) is 3.84. The van der Waals surface area contributed by atoms with Crippen molar-refractivity contribution in [1.29, 1.82) is 0 Å². The van der Waals surface area contributed by atoms with Gasteiger partial charge in [-0.3, -0.25) is 9.36 Å². The molecule has 0 bridgehead atoms. The summed E-state index contributed by atoms with van der Waals surface area (Å²) in [5.41, 5.74) is 2.28. The van der Waals surface area contributed by atoms with Crippen LogP contribution in [0.15, 0.2) is 23.0 Å². The first-order chi connectivity index (χ1) is 11.2. The molecule has 1 aliphatic carbocycles. The van der Waals surface area contributed by atoms with Gasteiger partial charge in [-0.25, -0.2) is 4.79 Å². The Balaban J connectivity index is 1.68. The van der Waals surface area contributed by atoms with Crippen LogP contribution in [0, 0.1) is 0 Å². The number of benzene rings is 1. The average Bonchev–Trinajstić information content (AvgIpc) is 3.20. The van der Waals surface area contributed by atoms with E-state index in [0.29, 0.717) is 11.6 Å². The molecule has 1 saturated carbocycles. The third kappa shape index (κ3) is 2.57. The number of H-pyrrole nitrogens is 1. The van der Waals surface area contributed by atoms with Crippen molar-refractivity contribution in [3.8, 4) is 0 Å². The predicted molar refractivity (Wildman–Crippen MR) is 88.8 cm³/mol. The van der Waals surface area contributed by atoms with Crippen LogP contribution in [0.5, 0.6) is 0 Å². The molecule has 23 heavy (non-hydrogen) atoms. The van der Waals surface area contributed by atoms with Gasteiger partial charge in [0.1, 0.15) is 0 Å². The number of nitrogens with one attached hydrogen (secondary N) is 2. The Hall–Kier alpha value is -2.08. The lowest BCUT2D eigenvalue weighted by molar-refractivity contribution is 0.0736. The third-order valence-corrected chi connectivity index (χ3v) is 5.06. The van der Waals surface area contributed by atoms with Crippen molar-refractivity contribution in [2.24, 2.45) is 0 Å². The van der Waals surface area contributed by atoms with Gasteiger partial charge in [-0.05, 0) is 31.0 Å². The van der Waals surface area contributed by atoms with Gasteiger partial charge in [0, 0.05) is 37.8 Å². The van der Waals surface area contributed by atoms with Crippen molar-refractivity contribution in [1.82, 2.24) is 19.8 Å². The quantitative estimate of drug-likeness (QED) is 0.882. The zero-order valence-electron chi connectivity index (χ0n) is 13.2. The van der Waals surface area contributed by atoms with Gasteiger partial charge < -0.3 is 15.2 Å². The molecule has 0 spiro atoms. The van der Waals surface area contributed by atoms with E-state index in [4.69, 9.17) is 0 Å². The van der Waals surface area contributed by atoms with Crippen molar-refractivity contribution < 1.29 is 4.79 Å². The molecule has 2 heterocycles. The first-order valence-electron chi connectivity index (χ1n) is 8.48. The number of carbonyl (C=O) groups is 1. The fourth-order valence-electron chi connectivity index (χ4n) is 3.84. The maximum Gasteiger partial charge on any atom is 0.326 e. The summed E-state index contributed by atoms with van der Waals surface area (Å²) in [7, 11) is 0. The molecule has 6 nitrogen and oxygen atoms in total. The van der Waals surface area contributed by atoms with Gasteiger partial charge in [-0.15, -0.1) is 0 Å². The van der Waals surface area contributed by atoms with Gasteiger partial charge in [0.25, 0.3) is 5.91 Å². The third-order valence-electron chi connectivity index (χ3n) is 5.06. The van der Waals surface area contributed by atoms with Gasteiger partial charge in [0.05, 0.1) is 11.0 Å². The standard InChI is InChI=1S/C17H22N4O2/c22-16(20-9-7-18-8-10-20)12-5-6-15-14(11-12)19-17(23)21(15)13-3-1-2-4-13/h5-6,11,13,18H,1-4,7-10H2,(H,19,23). The highest BCUT2D eigenvalue weighted by molar-refractivity contribution is 5.97. The first kappa shape index (κ1) is 14.5. The van der Waals surface area contributed by atoms with Crippen LogP contribution in [0.3, 0.4) is 0 Å². The van der Waals surface area contributed by atoms with Crippen molar-refractivity contribution in [3.63, 3.8) is 0 Å². The van der Waals surface area contributed by atoms with Gasteiger partial charge in [-0.2, -0.15) is 0 Å². The number of aromatic nitrogens is 2. The Morgan fingerprint density at radius 2 is 1.87 bits per heavy atom. The smallest absolute Gasteiger partial charge is 0.326 e. The van der Waals surface area contributed by atoms with Crippen LogP contribution in [-0.4, -0.2) is 46.5 Å². The molecule has 2 aromatic rings. The molecular formula is C17H22N4O2. The molecule has 1 saturated heterocycles. The second-order valence-electron chi connectivity index (χ2n) is 6.51. The molecule has 2 N–H and O–H groups in total. The molecule has 1 aromatic carbocycles. The summed E-state index contributed by atoms with van der Waals surface area (Å²) in [4.78, 5) is 29.7. The van der Waals surface area contributed by atoms with Crippen LogP contribution in [0.2, 0.25) is 0 Å². The molecule has 1 amide bonds. The number of amides is 1. The summed E-state index contributed by atoms with van der Waals surface area (Å²) in [5.74, 6) is 0.0443. The minimum Gasteiger partial charge on any atom is -0.336 e. The number of hydrogen-bond acceptors (Lipinski definition) is 3. The Morgan fingerprint density at radius 3 is 2.61 bits per heavy atom. The summed E-state index contributed by atoms with van der Waals surface area (Å²) in [6.45, 7) is 3.14. The van der Waals surface area contributed by atoms with E-state index in [1.807, 2.05) is 27.7 Å². The molecule has 4 rings (SSSR count). The van der Waals surface area contributed by atoms with E-state index in [1.165, 1.54) is 12.8 Å². The minimum absolute atomic E-state index is 0.0443. The van der Waals surface area contributed by atoms with Crippen molar-refractivity contribution in [2.45, 2.75) is 31.7 Å². The predicted octanol–water partition coefficient (Wildman–Crippen LogP) is 1.49. The highest BCUT2D eigenvalue weighted by Crippen LogP contribution is 2.30. The maximum atomic E-state index is 12.6. The van der Waals surface area contributed by atoms with Crippen molar-refractivity contribution in [3.05, 3.63) is 34.2 Å². The number of nitrogens with zero attached hydrogens (tertiary/aromatic N) is 2. The van der Waals surface area contributed by atoms with E-state index in [2.05, 4.69) is 10.3 Å². The number of aromatic amines is 1. The van der Waals surface area contributed by atoms with Gasteiger partial charge in [0.15, 0.2) is 0 Å². The van der Waals surface area contributed by atoms with Crippen LogP contribution < -0.4 is 11.0 Å². The molecule has 122 valence electrons. The first-order valence-corrected chi connectivity index (χ1v) is 8.48. The normalized spacial score (nSPS) is 19.6. The Kier molecular flexibility index (Phi) is 3.69. The SMILES string of the molecule is O=C(c1ccc2c(c1)[nH]c(=O)n2C1CCCC1)N1CCNCC1. The van der Waals surface area contributed by atoms with Gasteiger partial charge in [-0.1, -0.05) is 12.8 Å². The number of rotatable bonds is 2. The van der Waals surface area contributed by atoms with E-state index in [1.54, 1.807) is 0 Å². The molecule has 0 atom stereocenters. The van der Waals surface area contributed by atoms with E-state index in [0.717, 1.165) is 50.1 Å². The van der Waals surface area contributed by atoms with E-state index >= 15 is 0 Å². The van der Waals surface area contributed by atoms with Crippen LogP contribution >= 0.6 is 0 Å². The van der Waals surface area contributed by atoms with E-state index < -0.39 is 0 Å². The molecule has 1 aromatic heterocycles. The molecule has 2 fully saturated rings. The van der Waals surface area contributed by atoms with Crippen molar-refractivity contribution >= 4 is 16.9 Å². The Labute approximate surface area is 134 Å². The number of piperazine rings is 1. The lowest BCUT2D eigenvalue weighted by Crippen LogP contribution is -2.46. The van der Waals surface area contributed by atoms with Crippen LogP contribution in [0.4, 0.5) is 0 Å². The number of imidazole rings is 1. The molecule has 2 aliphatic rings. The molecule has 0 radical (unpaired) electrons. The Morgan fingerprint density at radius 1 is 1.13 bits per heavy atom. The molecule has 1 aliphatic heterocycles. The van der Waals surface area contributed by atoms with E-state index in [-0.39, 0.29) is 11.6 Å². The number of hydrogen-bond donors (Lipinski definition) is 2. The summed E-state index contributed by atoms with van der Waals surface area (Å²) < 4.78 is 1.88. The Bertz CT molecular complexity index is 779. The largest absolute Gasteiger partial charge is 0.336 e. The lowest BCUT2D eigenvalue weighted by atomic mass is 10.1. The summed E-state index contributed by atoms with van der Waals surface area (Å²) >= 11 is 0. The zero-order valence-corrected chi connectivity index (χ0v) is 13.2.